The Kier molecular flexibility index (Phi) is 4.67. The lowest BCUT2D eigenvalue weighted by atomic mass is 10.1. The van der Waals surface area contributed by atoms with E-state index in [9.17, 15) is 9.59 Å². The highest BCUT2D eigenvalue weighted by molar-refractivity contribution is 5.96. The van der Waals surface area contributed by atoms with Crippen LogP contribution < -0.4 is 16.0 Å². The van der Waals surface area contributed by atoms with Gasteiger partial charge in [-0.05, 0) is 31.5 Å². The van der Waals surface area contributed by atoms with Gasteiger partial charge in [-0.2, -0.15) is 0 Å². The molecule has 0 radical (unpaired) electrons. The molecule has 6 heteroatoms. The van der Waals surface area contributed by atoms with Crippen LogP contribution in [0.3, 0.4) is 0 Å². The number of hydrogen-bond acceptors (Lipinski definition) is 4. The number of hydrogen-bond donors (Lipinski definition) is 2. The molecule has 0 atom stereocenters. The number of anilines is 2. The third-order valence-electron chi connectivity index (χ3n) is 3.64. The molecule has 1 aromatic carbocycles. The highest BCUT2D eigenvalue weighted by atomic mass is 16.2. The molecule has 6 nitrogen and oxygen atoms in total. The number of rotatable bonds is 3. The van der Waals surface area contributed by atoms with E-state index in [1.54, 1.807) is 17.0 Å². The van der Waals surface area contributed by atoms with Crippen LogP contribution in [0.1, 0.15) is 23.7 Å². The van der Waals surface area contributed by atoms with E-state index in [2.05, 4.69) is 5.32 Å². The second-order valence-corrected chi connectivity index (χ2v) is 5.22. The summed E-state index contributed by atoms with van der Waals surface area (Å²) in [5, 5.41) is 2.74. The van der Waals surface area contributed by atoms with Gasteiger partial charge in [0, 0.05) is 32.2 Å². The van der Waals surface area contributed by atoms with Crippen LogP contribution in [0, 0.1) is 0 Å². The van der Waals surface area contributed by atoms with Gasteiger partial charge in [0.05, 0.1) is 17.9 Å². The zero-order valence-electron chi connectivity index (χ0n) is 12.6. The highest BCUT2D eigenvalue weighted by Crippen LogP contribution is 2.25. The Bertz CT molecular complexity index is 544. The summed E-state index contributed by atoms with van der Waals surface area (Å²) in [4.78, 5) is 27.5. The third-order valence-corrected chi connectivity index (χ3v) is 3.64. The SMILES string of the molecule is CCNC(=O)c1ccc(N2CCCN(C)C(=O)C2)c(N)c1. The molecule has 1 saturated heterocycles. The molecule has 0 spiro atoms. The second-order valence-electron chi connectivity index (χ2n) is 5.22. The van der Waals surface area contributed by atoms with Crippen molar-refractivity contribution in [3.63, 3.8) is 0 Å². The molecule has 2 rings (SSSR count). The fraction of sp³-hybridized carbons (Fsp3) is 0.467. The smallest absolute Gasteiger partial charge is 0.251 e. The zero-order valence-corrected chi connectivity index (χ0v) is 12.6. The molecule has 114 valence electrons. The van der Waals surface area contributed by atoms with Gasteiger partial charge in [0.15, 0.2) is 0 Å². The van der Waals surface area contributed by atoms with Gasteiger partial charge in [0.2, 0.25) is 5.91 Å². The summed E-state index contributed by atoms with van der Waals surface area (Å²) in [6.07, 6.45) is 0.903. The molecule has 1 aliphatic rings. The molecule has 3 N–H and O–H groups in total. The second kappa shape index (κ2) is 6.47. The van der Waals surface area contributed by atoms with Crippen LogP contribution in [0.15, 0.2) is 18.2 Å². The summed E-state index contributed by atoms with van der Waals surface area (Å²) < 4.78 is 0. The molecule has 1 aliphatic heterocycles. The summed E-state index contributed by atoms with van der Waals surface area (Å²) >= 11 is 0. The van der Waals surface area contributed by atoms with Crippen LogP contribution in [-0.4, -0.2) is 49.9 Å². The predicted octanol–water partition coefficient (Wildman–Crippen LogP) is 0.687. The van der Waals surface area contributed by atoms with Crippen LogP contribution in [-0.2, 0) is 4.79 Å². The summed E-state index contributed by atoms with van der Waals surface area (Å²) in [5.41, 5.74) is 7.94. The average molecular weight is 290 g/mol. The Hall–Kier alpha value is -2.24. The molecule has 0 bridgehead atoms. The van der Waals surface area contributed by atoms with Gasteiger partial charge in [0.1, 0.15) is 0 Å². The van der Waals surface area contributed by atoms with Crippen LogP contribution in [0.25, 0.3) is 0 Å². The molecule has 1 aromatic rings. The minimum Gasteiger partial charge on any atom is -0.397 e. The fourth-order valence-electron chi connectivity index (χ4n) is 2.44. The zero-order chi connectivity index (χ0) is 15.4. The quantitative estimate of drug-likeness (QED) is 0.803. The van der Waals surface area contributed by atoms with Crippen molar-refractivity contribution in [1.29, 1.82) is 0 Å². The number of carbonyl (C=O) groups excluding carboxylic acids is 2. The predicted molar refractivity (Wildman–Crippen MR) is 83.3 cm³/mol. The van der Waals surface area contributed by atoms with Crippen molar-refractivity contribution in [1.82, 2.24) is 10.2 Å². The molecule has 0 saturated carbocycles. The summed E-state index contributed by atoms with van der Waals surface area (Å²) in [6.45, 7) is 4.30. The van der Waals surface area contributed by atoms with Gasteiger partial charge in [-0.3, -0.25) is 9.59 Å². The molecule has 0 aliphatic carbocycles. The summed E-state index contributed by atoms with van der Waals surface area (Å²) in [6, 6.07) is 5.23. The Balaban J connectivity index is 2.20. The van der Waals surface area contributed by atoms with Crippen LogP contribution in [0.4, 0.5) is 11.4 Å². The molecule has 21 heavy (non-hydrogen) atoms. The standard InChI is InChI=1S/C15H22N4O2/c1-3-17-15(21)11-5-6-13(12(16)9-11)19-8-4-7-18(2)14(20)10-19/h5-6,9H,3-4,7-8,10,16H2,1-2H3,(H,17,21). The number of carbonyl (C=O) groups is 2. The number of nitrogens with one attached hydrogen (secondary N) is 1. The maximum Gasteiger partial charge on any atom is 0.251 e. The number of nitrogen functional groups attached to an aromatic ring is 1. The van der Waals surface area contributed by atoms with Gasteiger partial charge < -0.3 is 20.9 Å². The van der Waals surface area contributed by atoms with E-state index in [-0.39, 0.29) is 11.8 Å². The van der Waals surface area contributed by atoms with Gasteiger partial charge in [-0.15, -0.1) is 0 Å². The maximum atomic E-state index is 11.9. The Morgan fingerprint density at radius 2 is 2.14 bits per heavy atom. The van der Waals surface area contributed by atoms with E-state index < -0.39 is 0 Å². The Labute approximate surface area is 124 Å². The Morgan fingerprint density at radius 1 is 1.38 bits per heavy atom. The van der Waals surface area contributed by atoms with Gasteiger partial charge in [0.25, 0.3) is 5.91 Å². The lowest BCUT2D eigenvalue weighted by Crippen LogP contribution is -2.34. The highest BCUT2D eigenvalue weighted by Gasteiger charge is 2.21. The van der Waals surface area contributed by atoms with Crippen LogP contribution in [0.5, 0.6) is 0 Å². The normalized spacial score (nSPS) is 15.8. The van der Waals surface area contributed by atoms with E-state index in [0.717, 1.165) is 25.2 Å². The first-order valence-electron chi connectivity index (χ1n) is 7.19. The molecule has 0 aromatic heterocycles. The van der Waals surface area contributed by atoms with Gasteiger partial charge >= 0.3 is 0 Å². The lowest BCUT2D eigenvalue weighted by Gasteiger charge is -2.23. The van der Waals surface area contributed by atoms with Gasteiger partial charge in [-0.1, -0.05) is 0 Å². The first kappa shape index (κ1) is 15.2. The minimum absolute atomic E-state index is 0.0831. The number of nitrogens with zero attached hydrogens (tertiary/aromatic N) is 2. The lowest BCUT2D eigenvalue weighted by molar-refractivity contribution is -0.127. The maximum absolute atomic E-state index is 11.9. The van der Waals surface area contributed by atoms with E-state index in [0.29, 0.717) is 24.3 Å². The van der Waals surface area contributed by atoms with E-state index in [4.69, 9.17) is 5.73 Å². The summed E-state index contributed by atoms with van der Waals surface area (Å²) in [5.74, 6) is -0.0536. The first-order chi connectivity index (χ1) is 10.0. The van der Waals surface area contributed by atoms with Crippen LogP contribution in [0.2, 0.25) is 0 Å². The van der Waals surface area contributed by atoms with Gasteiger partial charge in [-0.25, -0.2) is 0 Å². The molecule has 1 fully saturated rings. The van der Waals surface area contributed by atoms with Crippen molar-refractivity contribution in [3.8, 4) is 0 Å². The number of nitrogens with two attached hydrogens (primary N) is 1. The van der Waals surface area contributed by atoms with E-state index in [1.807, 2.05) is 24.9 Å². The van der Waals surface area contributed by atoms with E-state index >= 15 is 0 Å². The number of benzene rings is 1. The molecular formula is C15H22N4O2. The third kappa shape index (κ3) is 3.45. The molecule has 2 amide bonds. The largest absolute Gasteiger partial charge is 0.397 e. The molecule has 1 heterocycles. The molecular weight excluding hydrogens is 268 g/mol. The topological polar surface area (TPSA) is 78.7 Å². The van der Waals surface area contributed by atoms with Crippen LogP contribution >= 0.6 is 0 Å². The minimum atomic E-state index is -0.137. The Morgan fingerprint density at radius 3 is 2.81 bits per heavy atom. The van der Waals surface area contributed by atoms with Crippen molar-refractivity contribution in [2.75, 3.05) is 43.9 Å². The fourth-order valence-corrected chi connectivity index (χ4v) is 2.44. The van der Waals surface area contributed by atoms with Crippen molar-refractivity contribution in [3.05, 3.63) is 23.8 Å². The molecule has 0 unspecified atom stereocenters. The van der Waals surface area contributed by atoms with Crippen molar-refractivity contribution in [2.45, 2.75) is 13.3 Å². The monoisotopic (exact) mass is 290 g/mol. The first-order valence-corrected chi connectivity index (χ1v) is 7.19. The van der Waals surface area contributed by atoms with E-state index in [1.165, 1.54) is 0 Å². The average Bonchev–Trinajstić information content (AvgIpc) is 2.61. The van der Waals surface area contributed by atoms with Crippen molar-refractivity contribution >= 4 is 23.2 Å². The number of likely N-dealkylation sites (N-methyl/N-ethyl adjacent to an activating group) is 1. The van der Waals surface area contributed by atoms with Crippen molar-refractivity contribution < 1.29 is 9.59 Å². The number of amides is 2. The summed E-state index contributed by atoms with van der Waals surface area (Å²) in [7, 11) is 1.81. The van der Waals surface area contributed by atoms with Crippen molar-refractivity contribution in [2.24, 2.45) is 0 Å².